The van der Waals surface area contributed by atoms with Crippen LogP contribution in [0.2, 0.25) is 0 Å². The molecule has 2 atom stereocenters. The Balaban J connectivity index is 2.03. The maximum absolute atomic E-state index is 12.6. The second kappa shape index (κ2) is 5.99. The summed E-state index contributed by atoms with van der Waals surface area (Å²) in [5, 5.41) is 3.56. The Morgan fingerprint density at radius 2 is 1.81 bits per heavy atom. The average Bonchev–Trinajstić information content (AvgIpc) is 3.03. The average molecular weight is 299 g/mol. The first-order valence-corrected chi connectivity index (χ1v) is 7.63. The molecule has 0 aromatic heterocycles. The zero-order valence-electron chi connectivity index (χ0n) is 12.9. The lowest BCUT2D eigenvalue weighted by Crippen LogP contribution is -2.35. The molecule has 0 amide bonds. The van der Waals surface area contributed by atoms with Gasteiger partial charge in [0.05, 0.1) is 5.56 Å². The summed E-state index contributed by atoms with van der Waals surface area (Å²) < 4.78 is 37.7. The number of hydrogen-bond acceptors (Lipinski definition) is 1. The van der Waals surface area contributed by atoms with Crippen LogP contribution < -0.4 is 5.32 Å². The first kappa shape index (κ1) is 16.3. The number of benzene rings is 1. The van der Waals surface area contributed by atoms with Crippen LogP contribution in [-0.2, 0) is 12.6 Å². The van der Waals surface area contributed by atoms with Crippen molar-refractivity contribution >= 4 is 0 Å². The fraction of sp³-hybridized carbons (Fsp3) is 0.647. The highest BCUT2D eigenvalue weighted by Gasteiger charge is 2.49. The predicted molar refractivity (Wildman–Crippen MR) is 79.1 cm³/mol. The van der Waals surface area contributed by atoms with Gasteiger partial charge in [-0.25, -0.2) is 0 Å². The third-order valence-corrected chi connectivity index (χ3v) is 4.47. The summed E-state index contributed by atoms with van der Waals surface area (Å²) in [6.45, 7) is 7.59. The molecule has 1 nitrogen and oxygen atoms in total. The topological polar surface area (TPSA) is 12.0 Å². The third kappa shape index (κ3) is 4.22. The Labute approximate surface area is 124 Å². The zero-order chi connectivity index (χ0) is 15.7. The van der Waals surface area contributed by atoms with Gasteiger partial charge in [-0.3, -0.25) is 0 Å². The van der Waals surface area contributed by atoms with Gasteiger partial charge >= 0.3 is 6.18 Å². The fourth-order valence-electron chi connectivity index (χ4n) is 2.96. The smallest absolute Gasteiger partial charge is 0.313 e. The van der Waals surface area contributed by atoms with Crippen LogP contribution in [0.25, 0.3) is 0 Å². The summed E-state index contributed by atoms with van der Waals surface area (Å²) in [7, 11) is 0. The molecule has 2 unspecified atom stereocenters. The van der Waals surface area contributed by atoms with Gasteiger partial charge in [0.25, 0.3) is 0 Å². The van der Waals surface area contributed by atoms with E-state index in [1.54, 1.807) is 12.1 Å². The van der Waals surface area contributed by atoms with Gasteiger partial charge in [-0.05, 0) is 54.8 Å². The van der Waals surface area contributed by atoms with E-state index in [4.69, 9.17) is 0 Å². The van der Waals surface area contributed by atoms with Crippen LogP contribution in [0.15, 0.2) is 24.3 Å². The van der Waals surface area contributed by atoms with Crippen LogP contribution in [0.5, 0.6) is 0 Å². The molecule has 1 aliphatic rings. The number of halogens is 3. The maximum atomic E-state index is 12.6. The molecule has 0 bridgehead atoms. The van der Waals surface area contributed by atoms with Crippen LogP contribution in [0.1, 0.15) is 44.7 Å². The lowest BCUT2D eigenvalue weighted by Gasteiger charge is -2.20. The Morgan fingerprint density at radius 1 is 1.24 bits per heavy atom. The minimum atomic E-state index is -4.25. The van der Waals surface area contributed by atoms with E-state index in [1.807, 2.05) is 0 Å². The highest BCUT2D eigenvalue weighted by atomic mass is 19.4. The second-order valence-corrected chi connectivity index (χ2v) is 6.76. The van der Waals surface area contributed by atoms with E-state index in [1.165, 1.54) is 18.6 Å². The fourth-order valence-corrected chi connectivity index (χ4v) is 2.96. The lowest BCUT2D eigenvalue weighted by molar-refractivity contribution is -0.137. The molecule has 2 rings (SSSR count). The zero-order valence-corrected chi connectivity index (χ0v) is 12.9. The van der Waals surface area contributed by atoms with E-state index in [9.17, 15) is 13.2 Å². The Kier molecular flexibility index (Phi) is 4.66. The van der Waals surface area contributed by atoms with Gasteiger partial charge in [0.1, 0.15) is 0 Å². The van der Waals surface area contributed by atoms with Gasteiger partial charge < -0.3 is 5.32 Å². The largest absolute Gasteiger partial charge is 0.416 e. The molecule has 1 fully saturated rings. The molecule has 4 heteroatoms. The quantitative estimate of drug-likeness (QED) is 0.805. The van der Waals surface area contributed by atoms with Crippen molar-refractivity contribution < 1.29 is 13.2 Å². The van der Waals surface area contributed by atoms with Gasteiger partial charge in [0.15, 0.2) is 0 Å². The van der Waals surface area contributed by atoms with E-state index in [0.29, 0.717) is 17.4 Å². The van der Waals surface area contributed by atoms with Crippen molar-refractivity contribution in [3.8, 4) is 0 Å². The van der Waals surface area contributed by atoms with Gasteiger partial charge in [0.2, 0.25) is 0 Å². The molecule has 1 aliphatic carbocycles. The third-order valence-electron chi connectivity index (χ3n) is 4.47. The Morgan fingerprint density at radius 3 is 2.24 bits per heavy atom. The molecule has 1 saturated carbocycles. The van der Waals surface area contributed by atoms with Crippen molar-refractivity contribution in [2.24, 2.45) is 11.3 Å². The second-order valence-electron chi connectivity index (χ2n) is 6.76. The Hall–Kier alpha value is -1.03. The number of alkyl halides is 3. The molecule has 118 valence electrons. The highest BCUT2D eigenvalue weighted by molar-refractivity contribution is 5.25. The van der Waals surface area contributed by atoms with Gasteiger partial charge in [-0.1, -0.05) is 32.9 Å². The summed E-state index contributed by atoms with van der Waals surface area (Å²) in [5.74, 6) is 0.617. The normalized spacial score (nSPS) is 22.1. The highest BCUT2D eigenvalue weighted by Crippen LogP contribution is 2.54. The van der Waals surface area contributed by atoms with Crippen LogP contribution in [0.4, 0.5) is 13.2 Å². The van der Waals surface area contributed by atoms with E-state index in [0.717, 1.165) is 24.9 Å². The van der Waals surface area contributed by atoms with Gasteiger partial charge in [0, 0.05) is 6.04 Å². The molecule has 0 saturated heterocycles. The Bertz CT molecular complexity index is 462. The molecular weight excluding hydrogens is 275 g/mol. The van der Waals surface area contributed by atoms with Crippen molar-refractivity contribution in [1.29, 1.82) is 0 Å². The summed E-state index contributed by atoms with van der Waals surface area (Å²) >= 11 is 0. The van der Waals surface area contributed by atoms with E-state index in [2.05, 4.69) is 26.1 Å². The molecule has 0 heterocycles. The maximum Gasteiger partial charge on any atom is 0.416 e. The minimum Gasteiger partial charge on any atom is -0.313 e. The van der Waals surface area contributed by atoms with Crippen molar-refractivity contribution in [3.05, 3.63) is 35.4 Å². The summed E-state index contributed by atoms with van der Waals surface area (Å²) in [5.41, 5.74) is 0.757. The first-order valence-electron chi connectivity index (χ1n) is 7.63. The number of rotatable bonds is 6. The molecule has 0 spiro atoms. The number of nitrogens with one attached hydrogen (secondary N) is 1. The first-order chi connectivity index (χ1) is 9.74. The molecule has 1 N–H and O–H groups in total. The van der Waals surface area contributed by atoms with E-state index < -0.39 is 11.7 Å². The standard InChI is InChI=1S/C17H24F3N/c1-4-9-21-15(14-11-16(14,2)3)10-12-5-7-13(8-6-12)17(18,19)20/h5-8,14-15,21H,4,9-11H2,1-3H3. The monoisotopic (exact) mass is 299 g/mol. The van der Waals surface area contributed by atoms with Crippen molar-refractivity contribution in [1.82, 2.24) is 5.32 Å². The van der Waals surface area contributed by atoms with Crippen LogP contribution in [-0.4, -0.2) is 12.6 Å². The van der Waals surface area contributed by atoms with E-state index in [-0.39, 0.29) is 0 Å². The van der Waals surface area contributed by atoms with Gasteiger partial charge in [-0.2, -0.15) is 13.2 Å². The molecule has 0 radical (unpaired) electrons. The van der Waals surface area contributed by atoms with Crippen molar-refractivity contribution in [2.75, 3.05) is 6.54 Å². The number of hydrogen-bond donors (Lipinski definition) is 1. The summed E-state index contributed by atoms with van der Waals surface area (Å²) in [4.78, 5) is 0. The van der Waals surface area contributed by atoms with Crippen LogP contribution in [0.3, 0.4) is 0 Å². The molecular formula is C17H24F3N. The van der Waals surface area contributed by atoms with Crippen molar-refractivity contribution in [3.63, 3.8) is 0 Å². The van der Waals surface area contributed by atoms with Crippen LogP contribution >= 0.6 is 0 Å². The molecule has 0 aliphatic heterocycles. The minimum absolute atomic E-state index is 0.358. The summed E-state index contributed by atoms with van der Waals surface area (Å²) in [6, 6.07) is 5.95. The van der Waals surface area contributed by atoms with Crippen LogP contribution in [0, 0.1) is 11.3 Å². The van der Waals surface area contributed by atoms with E-state index >= 15 is 0 Å². The molecule has 1 aromatic rings. The SMILES string of the molecule is CCCNC(Cc1ccc(C(F)(F)F)cc1)C1CC1(C)C. The lowest BCUT2D eigenvalue weighted by atomic mass is 9.96. The molecule has 21 heavy (non-hydrogen) atoms. The predicted octanol–water partition coefficient (Wildman–Crippen LogP) is 4.66. The van der Waals surface area contributed by atoms with Crippen molar-refractivity contribution in [2.45, 2.75) is 52.3 Å². The molecule has 1 aromatic carbocycles. The summed E-state index contributed by atoms with van der Waals surface area (Å²) in [6.07, 6.45) is -1.20. The van der Waals surface area contributed by atoms with Gasteiger partial charge in [-0.15, -0.1) is 0 Å².